The van der Waals surface area contributed by atoms with Gasteiger partial charge in [0.15, 0.2) is 5.75 Å². The molecule has 188 valence electrons. The SMILES string of the molecule is CS(=O)(=O)N(CCCC(=O)Nc1ccc2c(c1)oc1ccccc12)c1ccccc1Oc1ccccc1. The van der Waals surface area contributed by atoms with Gasteiger partial charge in [0, 0.05) is 35.5 Å². The Kier molecular flexibility index (Phi) is 6.83. The Bertz CT molecular complexity index is 1660. The maximum Gasteiger partial charge on any atom is 0.232 e. The molecule has 0 atom stereocenters. The first kappa shape index (κ1) is 24.4. The number of carbonyl (C=O) groups excluding carboxylic acids is 1. The van der Waals surface area contributed by atoms with E-state index in [1.807, 2.05) is 54.6 Å². The van der Waals surface area contributed by atoms with Crippen molar-refractivity contribution in [3.63, 3.8) is 0 Å². The summed E-state index contributed by atoms with van der Waals surface area (Å²) in [7, 11) is -3.62. The lowest BCUT2D eigenvalue weighted by atomic mass is 10.1. The molecule has 8 heteroatoms. The zero-order valence-electron chi connectivity index (χ0n) is 20.3. The van der Waals surface area contributed by atoms with Crippen LogP contribution in [0.5, 0.6) is 11.5 Å². The molecular weight excluding hydrogens is 488 g/mol. The predicted octanol–water partition coefficient (Wildman–Crippen LogP) is 6.56. The fourth-order valence-corrected chi connectivity index (χ4v) is 5.21. The molecule has 1 aromatic heterocycles. The number of para-hydroxylation sites is 4. The molecule has 0 fully saturated rings. The van der Waals surface area contributed by atoms with E-state index < -0.39 is 10.0 Å². The predicted molar refractivity (Wildman–Crippen MR) is 147 cm³/mol. The number of nitrogens with one attached hydrogen (secondary N) is 1. The molecule has 1 heterocycles. The monoisotopic (exact) mass is 514 g/mol. The molecule has 7 nitrogen and oxygen atoms in total. The Balaban J connectivity index is 1.26. The molecule has 5 rings (SSSR count). The highest BCUT2D eigenvalue weighted by Gasteiger charge is 2.21. The van der Waals surface area contributed by atoms with Gasteiger partial charge >= 0.3 is 0 Å². The minimum atomic E-state index is -3.62. The lowest BCUT2D eigenvalue weighted by Gasteiger charge is -2.24. The third kappa shape index (κ3) is 5.59. The molecule has 0 spiro atoms. The number of nitrogens with zero attached hydrogens (tertiary/aromatic N) is 1. The number of benzene rings is 4. The quantitative estimate of drug-likeness (QED) is 0.241. The van der Waals surface area contributed by atoms with Gasteiger partial charge in [-0.1, -0.05) is 48.5 Å². The Morgan fingerprint density at radius 3 is 2.38 bits per heavy atom. The Morgan fingerprint density at radius 2 is 1.57 bits per heavy atom. The van der Waals surface area contributed by atoms with E-state index >= 15 is 0 Å². The van der Waals surface area contributed by atoms with Crippen LogP contribution in [-0.2, 0) is 14.8 Å². The third-order valence-electron chi connectivity index (χ3n) is 5.93. The van der Waals surface area contributed by atoms with Gasteiger partial charge in [-0.05, 0) is 48.9 Å². The van der Waals surface area contributed by atoms with E-state index in [1.54, 1.807) is 42.5 Å². The van der Waals surface area contributed by atoms with Gasteiger partial charge in [0.1, 0.15) is 16.9 Å². The first-order valence-electron chi connectivity index (χ1n) is 11.9. The number of amides is 1. The van der Waals surface area contributed by atoms with E-state index in [4.69, 9.17) is 9.15 Å². The van der Waals surface area contributed by atoms with Crippen LogP contribution in [0, 0.1) is 0 Å². The van der Waals surface area contributed by atoms with Crippen LogP contribution in [0.1, 0.15) is 12.8 Å². The second-order valence-electron chi connectivity index (χ2n) is 8.68. The average molecular weight is 515 g/mol. The molecular formula is C29H26N2O5S. The number of hydrogen-bond donors (Lipinski definition) is 1. The Morgan fingerprint density at radius 1 is 0.865 bits per heavy atom. The van der Waals surface area contributed by atoms with E-state index in [2.05, 4.69) is 5.32 Å². The molecule has 1 amide bonds. The average Bonchev–Trinajstić information content (AvgIpc) is 3.25. The lowest BCUT2D eigenvalue weighted by Crippen LogP contribution is -2.31. The van der Waals surface area contributed by atoms with Crippen LogP contribution in [0.4, 0.5) is 11.4 Å². The van der Waals surface area contributed by atoms with Gasteiger partial charge < -0.3 is 14.5 Å². The number of hydrogen-bond acceptors (Lipinski definition) is 5. The van der Waals surface area contributed by atoms with Crippen molar-refractivity contribution >= 4 is 49.2 Å². The molecule has 1 N–H and O–H groups in total. The second-order valence-corrected chi connectivity index (χ2v) is 10.6. The molecule has 0 aliphatic heterocycles. The minimum absolute atomic E-state index is 0.129. The standard InChI is InChI=1S/C29H26N2O5S/c1-37(33,34)31(25-13-6-8-15-27(25)35-22-10-3-2-4-11-22)19-9-16-29(32)30-21-17-18-24-23-12-5-7-14-26(23)36-28(24)20-21/h2-8,10-15,17-18,20H,9,16,19H2,1H3,(H,30,32). The van der Waals surface area contributed by atoms with Crippen LogP contribution in [0.2, 0.25) is 0 Å². The summed E-state index contributed by atoms with van der Waals surface area (Å²) in [5, 5.41) is 4.88. The molecule has 0 saturated heterocycles. The zero-order valence-corrected chi connectivity index (χ0v) is 21.1. The summed E-state index contributed by atoms with van der Waals surface area (Å²) in [5.41, 5.74) is 2.53. The van der Waals surface area contributed by atoms with Crippen molar-refractivity contribution in [2.24, 2.45) is 0 Å². The molecule has 0 aliphatic rings. The van der Waals surface area contributed by atoms with Crippen molar-refractivity contribution in [2.45, 2.75) is 12.8 Å². The van der Waals surface area contributed by atoms with Gasteiger partial charge in [0.25, 0.3) is 0 Å². The van der Waals surface area contributed by atoms with Crippen LogP contribution in [0.25, 0.3) is 21.9 Å². The lowest BCUT2D eigenvalue weighted by molar-refractivity contribution is -0.116. The van der Waals surface area contributed by atoms with Gasteiger partial charge in [0.2, 0.25) is 15.9 Å². The summed E-state index contributed by atoms with van der Waals surface area (Å²) in [6, 6.07) is 29.5. The number of carbonyl (C=O) groups is 1. The number of furan rings is 1. The van der Waals surface area contributed by atoms with Crippen LogP contribution >= 0.6 is 0 Å². The van der Waals surface area contributed by atoms with Crippen molar-refractivity contribution in [1.82, 2.24) is 0 Å². The van der Waals surface area contributed by atoms with Crippen LogP contribution in [-0.4, -0.2) is 27.1 Å². The minimum Gasteiger partial charge on any atom is -0.456 e. The highest BCUT2D eigenvalue weighted by molar-refractivity contribution is 7.92. The van der Waals surface area contributed by atoms with Gasteiger partial charge in [-0.25, -0.2) is 8.42 Å². The summed E-state index contributed by atoms with van der Waals surface area (Å²) >= 11 is 0. The van der Waals surface area contributed by atoms with Crippen molar-refractivity contribution in [2.75, 3.05) is 22.4 Å². The number of rotatable bonds is 9. The summed E-state index contributed by atoms with van der Waals surface area (Å²) in [6.45, 7) is 0.129. The maximum absolute atomic E-state index is 12.7. The highest BCUT2D eigenvalue weighted by atomic mass is 32.2. The van der Waals surface area contributed by atoms with Crippen molar-refractivity contribution < 1.29 is 22.4 Å². The number of ether oxygens (including phenoxy) is 1. The van der Waals surface area contributed by atoms with E-state index in [0.29, 0.717) is 34.9 Å². The number of sulfonamides is 1. The van der Waals surface area contributed by atoms with Gasteiger partial charge in [0.05, 0.1) is 11.9 Å². The Hall–Kier alpha value is -4.30. The fraction of sp³-hybridized carbons (Fsp3) is 0.138. The molecule has 5 aromatic rings. The first-order valence-corrected chi connectivity index (χ1v) is 13.7. The van der Waals surface area contributed by atoms with Crippen LogP contribution < -0.4 is 14.4 Å². The molecule has 0 unspecified atom stereocenters. The largest absolute Gasteiger partial charge is 0.456 e. The fourth-order valence-electron chi connectivity index (χ4n) is 4.24. The maximum atomic E-state index is 12.7. The summed E-state index contributed by atoms with van der Waals surface area (Å²) in [6.07, 6.45) is 1.62. The summed E-state index contributed by atoms with van der Waals surface area (Å²) in [5.74, 6) is 0.810. The van der Waals surface area contributed by atoms with Crippen molar-refractivity contribution in [3.8, 4) is 11.5 Å². The third-order valence-corrected chi connectivity index (χ3v) is 7.11. The molecule has 0 bridgehead atoms. The summed E-state index contributed by atoms with van der Waals surface area (Å²) < 4.78 is 38.4. The summed E-state index contributed by atoms with van der Waals surface area (Å²) in [4.78, 5) is 12.7. The van der Waals surface area contributed by atoms with E-state index in [-0.39, 0.29) is 18.9 Å². The van der Waals surface area contributed by atoms with Gasteiger partial charge in [-0.3, -0.25) is 9.10 Å². The normalized spacial score (nSPS) is 11.5. The smallest absolute Gasteiger partial charge is 0.232 e. The number of anilines is 2. The van der Waals surface area contributed by atoms with Gasteiger partial charge in [-0.15, -0.1) is 0 Å². The number of fused-ring (bicyclic) bond motifs is 3. The molecule has 0 radical (unpaired) electrons. The second kappa shape index (κ2) is 10.4. The van der Waals surface area contributed by atoms with Crippen LogP contribution in [0.15, 0.2) is 101 Å². The highest BCUT2D eigenvalue weighted by Crippen LogP contribution is 2.34. The molecule has 4 aromatic carbocycles. The van der Waals surface area contributed by atoms with Crippen molar-refractivity contribution in [1.29, 1.82) is 0 Å². The van der Waals surface area contributed by atoms with E-state index in [0.717, 1.165) is 22.6 Å². The van der Waals surface area contributed by atoms with Gasteiger partial charge in [-0.2, -0.15) is 0 Å². The zero-order chi connectivity index (χ0) is 25.8. The Labute approximate surface area is 215 Å². The van der Waals surface area contributed by atoms with Crippen LogP contribution in [0.3, 0.4) is 0 Å². The molecule has 0 saturated carbocycles. The molecule has 37 heavy (non-hydrogen) atoms. The van der Waals surface area contributed by atoms with Crippen molar-refractivity contribution in [3.05, 3.63) is 97.1 Å². The topological polar surface area (TPSA) is 88.9 Å². The van der Waals surface area contributed by atoms with E-state index in [9.17, 15) is 13.2 Å². The first-order chi connectivity index (χ1) is 17.9. The van der Waals surface area contributed by atoms with E-state index in [1.165, 1.54) is 4.31 Å². The molecule has 0 aliphatic carbocycles.